The first kappa shape index (κ1) is 17.5. The van der Waals surface area contributed by atoms with Gasteiger partial charge in [-0.15, -0.1) is 0 Å². The van der Waals surface area contributed by atoms with Crippen LogP contribution in [0.15, 0.2) is 71.7 Å². The number of halogens is 3. The fraction of sp³-hybridized carbons (Fsp3) is 0.100. The molecule has 0 unspecified atom stereocenters. The van der Waals surface area contributed by atoms with Gasteiger partial charge in [-0.3, -0.25) is 4.79 Å². The molecule has 0 aliphatic carbocycles. The van der Waals surface area contributed by atoms with Crippen LogP contribution in [0.25, 0.3) is 11.1 Å². The van der Waals surface area contributed by atoms with Gasteiger partial charge in [0, 0.05) is 6.20 Å². The van der Waals surface area contributed by atoms with Crippen LogP contribution in [0.4, 0.5) is 13.2 Å². The third-order valence-electron chi connectivity index (χ3n) is 3.93. The van der Waals surface area contributed by atoms with E-state index in [1.807, 2.05) is 36.4 Å². The van der Waals surface area contributed by atoms with Gasteiger partial charge in [0.05, 0.1) is 12.1 Å². The van der Waals surface area contributed by atoms with Crippen molar-refractivity contribution in [2.24, 2.45) is 0 Å². The van der Waals surface area contributed by atoms with Gasteiger partial charge in [-0.05, 0) is 34.9 Å². The Kier molecular flexibility index (Phi) is 4.63. The Morgan fingerprint density at radius 1 is 0.962 bits per heavy atom. The maximum Gasteiger partial charge on any atom is 0.416 e. The summed E-state index contributed by atoms with van der Waals surface area (Å²) in [4.78, 5) is 12.4. The molecular weight excluding hydrogens is 341 g/mol. The van der Waals surface area contributed by atoms with Crippen LogP contribution in [-0.4, -0.2) is 4.57 Å². The lowest BCUT2D eigenvalue weighted by atomic mass is 10.0. The third-order valence-corrected chi connectivity index (χ3v) is 3.93. The van der Waals surface area contributed by atoms with E-state index in [4.69, 9.17) is 0 Å². The van der Waals surface area contributed by atoms with Crippen molar-refractivity contribution in [1.82, 2.24) is 4.57 Å². The molecule has 0 saturated carbocycles. The van der Waals surface area contributed by atoms with Gasteiger partial charge in [-0.1, -0.05) is 42.5 Å². The number of alkyl halides is 3. The van der Waals surface area contributed by atoms with Crippen LogP contribution in [0.5, 0.6) is 0 Å². The molecule has 2 aromatic carbocycles. The molecular formula is C20H13F3N2O. The average Bonchev–Trinajstić information content (AvgIpc) is 2.63. The van der Waals surface area contributed by atoms with E-state index < -0.39 is 17.3 Å². The predicted octanol–water partition coefficient (Wildman–Crippen LogP) is 4.45. The number of rotatable bonds is 3. The molecule has 0 bridgehead atoms. The quantitative estimate of drug-likeness (QED) is 0.697. The summed E-state index contributed by atoms with van der Waals surface area (Å²) < 4.78 is 40.2. The molecule has 26 heavy (non-hydrogen) atoms. The molecule has 130 valence electrons. The molecule has 0 amide bonds. The molecule has 0 fully saturated rings. The lowest BCUT2D eigenvalue weighted by Crippen LogP contribution is -2.22. The van der Waals surface area contributed by atoms with Gasteiger partial charge in [0.15, 0.2) is 0 Å². The normalized spacial score (nSPS) is 11.2. The minimum absolute atomic E-state index is 0.115. The first-order valence-electron chi connectivity index (χ1n) is 7.74. The Bertz CT molecular complexity index is 1030. The zero-order chi connectivity index (χ0) is 18.7. The van der Waals surface area contributed by atoms with Crippen molar-refractivity contribution < 1.29 is 13.2 Å². The van der Waals surface area contributed by atoms with Crippen LogP contribution in [0, 0.1) is 11.3 Å². The van der Waals surface area contributed by atoms with Gasteiger partial charge in [0.2, 0.25) is 0 Å². The Hall–Kier alpha value is -3.33. The van der Waals surface area contributed by atoms with Crippen LogP contribution in [-0.2, 0) is 12.7 Å². The topological polar surface area (TPSA) is 45.8 Å². The highest BCUT2D eigenvalue weighted by Crippen LogP contribution is 2.32. The van der Waals surface area contributed by atoms with Gasteiger partial charge in [-0.25, -0.2) is 0 Å². The Morgan fingerprint density at radius 2 is 1.69 bits per heavy atom. The molecule has 0 atom stereocenters. The van der Waals surface area contributed by atoms with Crippen molar-refractivity contribution in [2.75, 3.05) is 0 Å². The number of aromatic nitrogens is 1. The highest BCUT2D eigenvalue weighted by molar-refractivity contribution is 5.65. The zero-order valence-corrected chi connectivity index (χ0v) is 13.5. The van der Waals surface area contributed by atoms with Crippen LogP contribution >= 0.6 is 0 Å². The summed E-state index contributed by atoms with van der Waals surface area (Å²) >= 11 is 0. The monoisotopic (exact) mass is 354 g/mol. The van der Waals surface area contributed by atoms with Crippen molar-refractivity contribution in [3.63, 3.8) is 0 Å². The molecule has 6 heteroatoms. The third kappa shape index (κ3) is 3.67. The highest BCUT2D eigenvalue weighted by atomic mass is 19.4. The summed E-state index contributed by atoms with van der Waals surface area (Å²) in [7, 11) is 0. The molecule has 3 rings (SSSR count). The summed E-state index contributed by atoms with van der Waals surface area (Å²) in [6, 6.07) is 17.1. The maximum atomic E-state index is 13.0. The lowest BCUT2D eigenvalue weighted by Gasteiger charge is -2.12. The van der Waals surface area contributed by atoms with Gasteiger partial charge >= 0.3 is 6.18 Å². The Labute approximate surface area is 147 Å². The van der Waals surface area contributed by atoms with Crippen molar-refractivity contribution in [3.05, 3.63) is 93.9 Å². The SMILES string of the molecule is N#Cc1cc(-c2cccc(C(F)(F)F)c2)cn(Cc2ccccc2)c1=O. The average molecular weight is 354 g/mol. The van der Waals surface area contributed by atoms with E-state index >= 15 is 0 Å². The summed E-state index contributed by atoms with van der Waals surface area (Å²) in [6.45, 7) is 0.223. The first-order valence-corrected chi connectivity index (χ1v) is 7.74. The second kappa shape index (κ2) is 6.89. The first-order chi connectivity index (χ1) is 12.4. The van der Waals surface area contributed by atoms with E-state index in [1.165, 1.54) is 29.0 Å². The number of hydrogen-bond acceptors (Lipinski definition) is 2. The van der Waals surface area contributed by atoms with Crippen molar-refractivity contribution in [3.8, 4) is 17.2 Å². The molecule has 1 heterocycles. The van der Waals surface area contributed by atoms with Gasteiger partial charge in [0.1, 0.15) is 11.6 Å². The summed E-state index contributed by atoms with van der Waals surface area (Å²) in [6.07, 6.45) is -2.99. The van der Waals surface area contributed by atoms with Gasteiger partial charge in [0.25, 0.3) is 5.56 Å². The molecule has 0 saturated heterocycles. The smallest absolute Gasteiger partial charge is 0.309 e. The standard InChI is InChI=1S/C20H13F3N2O/c21-20(22,23)18-8-4-7-15(10-18)17-9-16(11-24)19(26)25(13-17)12-14-5-2-1-3-6-14/h1-10,13H,12H2. The van der Waals surface area contributed by atoms with Crippen LogP contribution in [0.3, 0.4) is 0 Å². The second-order valence-electron chi connectivity index (χ2n) is 5.75. The fourth-order valence-electron chi connectivity index (χ4n) is 2.65. The van der Waals surface area contributed by atoms with Crippen LogP contribution in [0.2, 0.25) is 0 Å². The van der Waals surface area contributed by atoms with Crippen molar-refractivity contribution >= 4 is 0 Å². The van der Waals surface area contributed by atoms with E-state index in [0.29, 0.717) is 5.56 Å². The molecule has 3 aromatic rings. The summed E-state index contributed by atoms with van der Waals surface area (Å²) in [5.41, 5.74) is 0.137. The number of benzene rings is 2. The molecule has 3 nitrogen and oxygen atoms in total. The van der Waals surface area contributed by atoms with E-state index in [0.717, 1.165) is 17.7 Å². The number of pyridine rings is 1. The molecule has 0 aliphatic rings. The predicted molar refractivity (Wildman–Crippen MR) is 91.4 cm³/mol. The minimum atomic E-state index is -4.47. The number of hydrogen-bond donors (Lipinski definition) is 0. The van der Waals surface area contributed by atoms with Gasteiger partial charge < -0.3 is 4.57 Å². The molecule has 0 aliphatic heterocycles. The Balaban J connectivity index is 2.10. The number of nitriles is 1. The van der Waals surface area contributed by atoms with E-state index in [-0.39, 0.29) is 17.7 Å². The van der Waals surface area contributed by atoms with Gasteiger partial charge in [-0.2, -0.15) is 18.4 Å². The van der Waals surface area contributed by atoms with Crippen molar-refractivity contribution in [1.29, 1.82) is 5.26 Å². The Morgan fingerprint density at radius 3 is 2.35 bits per heavy atom. The fourth-order valence-corrected chi connectivity index (χ4v) is 2.65. The largest absolute Gasteiger partial charge is 0.416 e. The van der Waals surface area contributed by atoms with E-state index in [1.54, 1.807) is 0 Å². The van der Waals surface area contributed by atoms with E-state index in [2.05, 4.69) is 0 Å². The summed E-state index contributed by atoms with van der Waals surface area (Å²) in [5.74, 6) is 0. The molecule has 0 spiro atoms. The van der Waals surface area contributed by atoms with Crippen molar-refractivity contribution in [2.45, 2.75) is 12.7 Å². The second-order valence-corrected chi connectivity index (χ2v) is 5.75. The molecule has 1 aromatic heterocycles. The van der Waals surface area contributed by atoms with E-state index in [9.17, 15) is 23.2 Å². The summed E-state index contributed by atoms with van der Waals surface area (Å²) in [5, 5.41) is 9.22. The van der Waals surface area contributed by atoms with Crippen LogP contribution < -0.4 is 5.56 Å². The molecule has 0 radical (unpaired) electrons. The maximum absolute atomic E-state index is 13.0. The zero-order valence-electron chi connectivity index (χ0n) is 13.5. The van der Waals surface area contributed by atoms with Crippen LogP contribution in [0.1, 0.15) is 16.7 Å². The lowest BCUT2D eigenvalue weighted by molar-refractivity contribution is -0.137. The number of nitrogens with zero attached hydrogens (tertiary/aromatic N) is 2. The molecule has 0 N–H and O–H groups in total. The highest BCUT2D eigenvalue weighted by Gasteiger charge is 2.30. The minimum Gasteiger partial charge on any atom is -0.309 e.